The van der Waals surface area contributed by atoms with Crippen molar-refractivity contribution < 1.29 is 9.59 Å². The van der Waals surface area contributed by atoms with Crippen molar-refractivity contribution in [3.63, 3.8) is 0 Å². The maximum atomic E-state index is 12.0. The molecular weight excluding hydrogens is 206 g/mol. The number of amides is 2. The highest BCUT2D eigenvalue weighted by Gasteiger charge is 2.35. The number of urea groups is 1. The second-order valence-electron chi connectivity index (χ2n) is 3.50. The first-order valence-electron chi connectivity index (χ1n) is 4.77. The third-order valence-electron chi connectivity index (χ3n) is 2.29. The SMILES string of the molecule is NC1(C(=O)c2ccccc2)C=CNC(=O)N1. The van der Waals surface area contributed by atoms with Crippen molar-refractivity contribution in [1.29, 1.82) is 0 Å². The number of hydrogen-bond donors (Lipinski definition) is 3. The number of nitrogens with one attached hydrogen (secondary N) is 2. The molecule has 0 spiro atoms. The fourth-order valence-corrected chi connectivity index (χ4v) is 1.48. The molecule has 0 aromatic heterocycles. The molecule has 1 aromatic carbocycles. The van der Waals surface area contributed by atoms with Crippen molar-refractivity contribution in [2.24, 2.45) is 5.73 Å². The van der Waals surface area contributed by atoms with E-state index in [-0.39, 0.29) is 5.78 Å². The van der Waals surface area contributed by atoms with E-state index in [0.717, 1.165) is 0 Å². The molecule has 0 saturated heterocycles. The van der Waals surface area contributed by atoms with Gasteiger partial charge in [-0.15, -0.1) is 0 Å². The number of benzene rings is 1. The molecule has 1 aromatic rings. The molecule has 5 heteroatoms. The lowest BCUT2D eigenvalue weighted by Crippen LogP contribution is -2.64. The summed E-state index contributed by atoms with van der Waals surface area (Å²) in [5, 5.41) is 4.76. The second-order valence-corrected chi connectivity index (χ2v) is 3.50. The third kappa shape index (κ3) is 1.80. The van der Waals surface area contributed by atoms with Crippen LogP contribution >= 0.6 is 0 Å². The van der Waals surface area contributed by atoms with Crippen molar-refractivity contribution in [1.82, 2.24) is 10.6 Å². The summed E-state index contributed by atoms with van der Waals surface area (Å²) in [5.41, 5.74) is 4.80. The molecule has 1 unspecified atom stereocenters. The lowest BCUT2D eigenvalue weighted by molar-refractivity contribution is 0.0898. The van der Waals surface area contributed by atoms with Crippen LogP contribution in [0, 0.1) is 0 Å². The Hall–Kier alpha value is -2.14. The van der Waals surface area contributed by atoms with E-state index in [0.29, 0.717) is 5.56 Å². The van der Waals surface area contributed by atoms with Crippen LogP contribution in [0.4, 0.5) is 4.79 Å². The van der Waals surface area contributed by atoms with E-state index in [1.807, 2.05) is 0 Å². The number of hydrogen-bond acceptors (Lipinski definition) is 3. The van der Waals surface area contributed by atoms with Gasteiger partial charge in [-0.2, -0.15) is 0 Å². The summed E-state index contributed by atoms with van der Waals surface area (Å²) in [6.07, 6.45) is 2.78. The highest BCUT2D eigenvalue weighted by molar-refractivity contribution is 6.06. The van der Waals surface area contributed by atoms with Crippen LogP contribution in [0.2, 0.25) is 0 Å². The number of carbonyl (C=O) groups is 2. The van der Waals surface area contributed by atoms with Crippen LogP contribution in [0.5, 0.6) is 0 Å². The van der Waals surface area contributed by atoms with Crippen LogP contribution in [-0.2, 0) is 0 Å². The fourth-order valence-electron chi connectivity index (χ4n) is 1.48. The lowest BCUT2D eigenvalue weighted by atomic mass is 9.98. The minimum Gasteiger partial charge on any atom is -0.315 e. The zero-order valence-corrected chi connectivity index (χ0v) is 8.44. The molecule has 1 aliphatic heterocycles. The Labute approximate surface area is 92.3 Å². The second kappa shape index (κ2) is 3.79. The van der Waals surface area contributed by atoms with Gasteiger partial charge in [-0.25, -0.2) is 4.79 Å². The number of ketones is 1. The summed E-state index contributed by atoms with van der Waals surface area (Å²) in [5.74, 6) is -0.348. The first kappa shape index (κ1) is 10.4. The molecule has 4 N–H and O–H groups in total. The van der Waals surface area contributed by atoms with Gasteiger partial charge < -0.3 is 10.6 Å². The van der Waals surface area contributed by atoms with E-state index < -0.39 is 11.7 Å². The number of rotatable bonds is 2. The van der Waals surface area contributed by atoms with Crippen LogP contribution in [-0.4, -0.2) is 17.5 Å². The van der Waals surface area contributed by atoms with Crippen molar-refractivity contribution >= 4 is 11.8 Å². The van der Waals surface area contributed by atoms with E-state index in [4.69, 9.17) is 5.73 Å². The molecule has 16 heavy (non-hydrogen) atoms. The Kier molecular flexibility index (Phi) is 2.46. The Bertz CT molecular complexity index is 456. The van der Waals surface area contributed by atoms with Gasteiger partial charge >= 0.3 is 6.03 Å². The van der Waals surface area contributed by atoms with Gasteiger partial charge in [-0.05, 0) is 6.08 Å². The topological polar surface area (TPSA) is 84.2 Å². The van der Waals surface area contributed by atoms with Gasteiger partial charge in [0.05, 0.1) is 0 Å². The van der Waals surface area contributed by atoms with Gasteiger partial charge in [-0.1, -0.05) is 30.3 Å². The van der Waals surface area contributed by atoms with Gasteiger partial charge in [-0.3, -0.25) is 10.5 Å². The van der Waals surface area contributed by atoms with Crippen LogP contribution in [0.25, 0.3) is 0 Å². The number of carbonyl (C=O) groups excluding carboxylic acids is 2. The summed E-state index contributed by atoms with van der Waals surface area (Å²) in [6.45, 7) is 0. The standard InChI is InChI=1S/C11H11N3O2/c12-11(6-7-13-10(16)14-11)9(15)8-4-2-1-3-5-8/h1-7H,12H2,(H2,13,14,16). The smallest absolute Gasteiger partial charge is 0.315 e. The summed E-state index contributed by atoms with van der Waals surface area (Å²) in [6, 6.07) is 8.09. The van der Waals surface area contributed by atoms with Crippen LogP contribution < -0.4 is 16.4 Å². The van der Waals surface area contributed by atoms with Crippen molar-refractivity contribution in [3.05, 3.63) is 48.2 Å². The summed E-state index contributed by atoms with van der Waals surface area (Å²) >= 11 is 0. The van der Waals surface area contributed by atoms with Crippen LogP contribution in [0.15, 0.2) is 42.6 Å². The average Bonchev–Trinajstić information content (AvgIpc) is 2.29. The van der Waals surface area contributed by atoms with E-state index in [9.17, 15) is 9.59 Å². The maximum absolute atomic E-state index is 12.0. The molecule has 2 amide bonds. The molecule has 0 bridgehead atoms. The quantitative estimate of drug-likeness (QED) is 0.625. The number of Topliss-reactive ketones (excluding diaryl/α,β-unsaturated/α-hetero) is 1. The van der Waals surface area contributed by atoms with Gasteiger partial charge in [0.25, 0.3) is 0 Å². The average molecular weight is 217 g/mol. The molecular formula is C11H11N3O2. The van der Waals surface area contributed by atoms with E-state index in [1.54, 1.807) is 30.3 Å². The zero-order chi connectivity index (χ0) is 11.6. The van der Waals surface area contributed by atoms with Gasteiger partial charge in [0.1, 0.15) is 0 Å². The molecule has 0 radical (unpaired) electrons. The fraction of sp³-hybridized carbons (Fsp3) is 0.0909. The molecule has 0 aliphatic carbocycles. The minimum absolute atomic E-state index is 0.348. The van der Waals surface area contributed by atoms with E-state index >= 15 is 0 Å². The van der Waals surface area contributed by atoms with Gasteiger partial charge in [0.15, 0.2) is 5.66 Å². The van der Waals surface area contributed by atoms with E-state index in [2.05, 4.69) is 10.6 Å². The summed E-state index contributed by atoms with van der Waals surface area (Å²) in [4.78, 5) is 23.2. The predicted molar refractivity (Wildman–Crippen MR) is 58.5 cm³/mol. The molecule has 1 aliphatic rings. The first-order chi connectivity index (χ1) is 7.62. The van der Waals surface area contributed by atoms with E-state index in [1.165, 1.54) is 12.3 Å². The summed E-state index contributed by atoms with van der Waals surface area (Å²) in [7, 11) is 0. The normalized spacial score (nSPS) is 23.4. The lowest BCUT2D eigenvalue weighted by Gasteiger charge is -2.28. The van der Waals surface area contributed by atoms with Crippen molar-refractivity contribution in [3.8, 4) is 0 Å². The Morgan fingerprint density at radius 3 is 2.56 bits per heavy atom. The van der Waals surface area contributed by atoms with Gasteiger partial charge in [0, 0.05) is 11.8 Å². The molecule has 2 rings (SSSR count). The van der Waals surface area contributed by atoms with Crippen molar-refractivity contribution in [2.75, 3.05) is 0 Å². The van der Waals surface area contributed by atoms with Gasteiger partial charge in [0.2, 0.25) is 5.78 Å². The molecule has 82 valence electrons. The predicted octanol–water partition coefficient (Wildman–Crippen LogP) is 0.351. The first-order valence-corrected chi connectivity index (χ1v) is 4.77. The maximum Gasteiger partial charge on any atom is 0.320 e. The monoisotopic (exact) mass is 217 g/mol. The third-order valence-corrected chi connectivity index (χ3v) is 2.29. The Morgan fingerprint density at radius 2 is 1.94 bits per heavy atom. The largest absolute Gasteiger partial charge is 0.320 e. The number of nitrogens with two attached hydrogens (primary N) is 1. The Balaban J connectivity index is 2.31. The Morgan fingerprint density at radius 1 is 1.25 bits per heavy atom. The molecule has 1 heterocycles. The highest BCUT2D eigenvalue weighted by atomic mass is 16.2. The summed E-state index contributed by atoms with van der Waals surface area (Å²) < 4.78 is 0. The van der Waals surface area contributed by atoms with Crippen LogP contribution in [0.1, 0.15) is 10.4 Å². The van der Waals surface area contributed by atoms with Crippen LogP contribution in [0.3, 0.4) is 0 Å². The molecule has 1 atom stereocenters. The molecule has 0 saturated carbocycles. The van der Waals surface area contributed by atoms with Crippen molar-refractivity contribution in [2.45, 2.75) is 5.66 Å². The molecule has 5 nitrogen and oxygen atoms in total. The highest BCUT2D eigenvalue weighted by Crippen LogP contribution is 2.11. The zero-order valence-electron chi connectivity index (χ0n) is 8.44. The molecule has 0 fully saturated rings. The minimum atomic E-state index is -1.47.